The molecule has 0 aromatic heterocycles. The van der Waals surface area contributed by atoms with E-state index in [1.807, 2.05) is 62.4 Å². The zero-order chi connectivity index (χ0) is 18.2. The van der Waals surface area contributed by atoms with Crippen molar-refractivity contribution in [1.82, 2.24) is 0 Å². The van der Waals surface area contributed by atoms with Crippen molar-refractivity contribution in [2.24, 2.45) is 0 Å². The molecule has 0 spiro atoms. The second kappa shape index (κ2) is 9.28. The third kappa shape index (κ3) is 5.94. The Balaban J connectivity index is 1.80. The molecule has 25 heavy (non-hydrogen) atoms. The van der Waals surface area contributed by atoms with E-state index in [1.54, 1.807) is 0 Å². The maximum absolute atomic E-state index is 12.2. The molecule has 0 aliphatic heterocycles. The lowest BCUT2D eigenvalue weighted by atomic mass is 10.1. The van der Waals surface area contributed by atoms with Gasteiger partial charge in [0.25, 0.3) is 0 Å². The SMILES string of the molecule is CCc1ccc(NC(=O)CS[C@@H](C)C(=O)Nc2ccccc2C)cc1. The summed E-state index contributed by atoms with van der Waals surface area (Å²) in [6.07, 6.45) is 0.970. The van der Waals surface area contributed by atoms with Crippen molar-refractivity contribution in [2.45, 2.75) is 32.4 Å². The number of carbonyl (C=O) groups is 2. The smallest absolute Gasteiger partial charge is 0.237 e. The van der Waals surface area contributed by atoms with Crippen LogP contribution in [-0.4, -0.2) is 22.8 Å². The van der Waals surface area contributed by atoms with Crippen LogP contribution in [0.1, 0.15) is 25.0 Å². The zero-order valence-corrected chi connectivity index (χ0v) is 15.7. The van der Waals surface area contributed by atoms with Crippen molar-refractivity contribution >= 4 is 35.0 Å². The second-order valence-electron chi connectivity index (χ2n) is 5.86. The number of para-hydroxylation sites is 1. The molecule has 1 atom stereocenters. The van der Waals surface area contributed by atoms with E-state index in [-0.39, 0.29) is 22.8 Å². The highest BCUT2D eigenvalue weighted by Gasteiger charge is 2.16. The van der Waals surface area contributed by atoms with Gasteiger partial charge in [-0.25, -0.2) is 0 Å². The Morgan fingerprint density at radius 1 is 1.04 bits per heavy atom. The average Bonchev–Trinajstić information content (AvgIpc) is 2.62. The highest BCUT2D eigenvalue weighted by molar-refractivity contribution is 8.01. The number of aryl methyl sites for hydroxylation is 2. The van der Waals surface area contributed by atoms with Crippen molar-refractivity contribution in [3.8, 4) is 0 Å². The van der Waals surface area contributed by atoms with Gasteiger partial charge in [-0.1, -0.05) is 37.3 Å². The summed E-state index contributed by atoms with van der Waals surface area (Å²) in [6, 6.07) is 15.4. The van der Waals surface area contributed by atoms with Gasteiger partial charge in [0.15, 0.2) is 0 Å². The van der Waals surface area contributed by atoms with E-state index in [2.05, 4.69) is 17.6 Å². The normalized spacial score (nSPS) is 11.6. The minimum atomic E-state index is -0.312. The Labute approximate surface area is 153 Å². The molecule has 0 aliphatic rings. The monoisotopic (exact) mass is 356 g/mol. The fourth-order valence-corrected chi connectivity index (χ4v) is 2.93. The number of carbonyl (C=O) groups excluding carboxylic acids is 2. The first-order valence-electron chi connectivity index (χ1n) is 8.36. The first-order valence-corrected chi connectivity index (χ1v) is 9.41. The summed E-state index contributed by atoms with van der Waals surface area (Å²) < 4.78 is 0. The predicted octanol–water partition coefficient (Wildman–Crippen LogP) is 4.26. The number of amides is 2. The van der Waals surface area contributed by atoms with E-state index >= 15 is 0 Å². The van der Waals surface area contributed by atoms with Gasteiger partial charge in [-0.15, -0.1) is 11.8 Å². The van der Waals surface area contributed by atoms with Crippen LogP contribution in [0.4, 0.5) is 11.4 Å². The number of benzene rings is 2. The van der Waals surface area contributed by atoms with Crippen LogP contribution in [-0.2, 0) is 16.0 Å². The lowest BCUT2D eigenvalue weighted by Crippen LogP contribution is -2.25. The standard InChI is InChI=1S/C20H24N2O2S/c1-4-16-9-11-17(12-10-16)21-19(23)13-25-15(3)20(24)22-18-8-6-5-7-14(18)2/h5-12,15H,4,13H2,1-3H3,(H,21,23)(H,22,24)/t15-/m0/s1. The van der Waals surface area contributed by atoms with E-state index in [0.29, 0.717) is 0 Å². The number of anilines is 2. The summed E-state index contributed by atoms with van der Waals surface area (Å²) >= 11 is 1.32. The largest absolute Gasteiger partial charge is 0.325 e. The van der Waals surface area contributed by atoms with Crippen molar-refractivity contribution in [1.29, 1.82) is 0 Å². The van der Waals surface area contributed by atoms with Gasteiger partial charge in [-0.2, -0.15) is 0 Å². The van der Waals surface area contributed by atoms with E-state index in [1.165, 1.54) is 17.3 Å². The van der Waals surface area contributed by atoms with E-state index < -0.39 is 0 Å². The first-order chi connectivity index (χ1) is 12.0. The second-order valence-corrected chi connectivity index (χ2v) is 7.19. The van der Waals surface area contributed by atoms with E-state index in [9.17, 15) is 9.59 Å². The first kappa shape index (κ1) is 19.1. The molecule has 2 aromatic carbocycles. The number of nitrogens with one attached hydrogen (secondary N) is 2. The number of hydrogen-bond donors (Lipinski definition) is 2. The van der Waals surface area contributed by atoms with Gasteiger partial charge in [0.1, 0.15) is 0 Å². The Bertz CT molecular complexity index is 729. The molecule has 132 valence electrons. The van der Waals surface area contributed by atoms with Crippen molar-refractivity contribution in [3.63, 3.8) is 0 Å². The molecule has 0 fully saturated rings. The summed E-state index contributed by atoms with van der Waals surface area (Å²) in [5.74, 6) is 0.0296. The Morgan fingerprint density at radius 2 is 1.72 bits per heavy atom. The molecule has 2 rings (SSSR count). The molecule has 0 saturated carbocycles. The highest BCUT2D eigenvalue weighted by atomic mass is 32.2. The van der Waals surface area contributed by atoms with Crippen molar-refractivity contribution in [2.75, 3.05) is 16.4 Å². The number of thioether (sulfide) groups is 1. The van der Waals surface area contributed by atoms with Crippen molar-refractivity contribution in [3.05, 3.63) is 59.7 Å². The predicted molar refractivity (Wildman–Crippen MR) is 106 cm³/mol. The molecule has 2 N–H and O–H groups in total. The highest BCUT2D eigenvalue weighted by Crippen LogP contribution is 2.18. The number of hydrogen-bond acceptors (Lipinski definition) is 3. The summed E-state index contributed by atoms with van der Waals surface area (Å²) in [7, 11) is 0. The molecule has 2 aromatic rings. The van der Waals surface area contributed by atoms with Gasteiger partial charge in [-0.3, -0.25) is 9.59 Å². The molecule has 0 unspecified atom stereocenters. The Morgan fingerprint density at radius 3 is 2.36 bits per heavy atom. The van der Waals surface area contributed by atoms with Crippen LogP contribution in [0.5, 0.6) is 0 Å². The maximum Gasteiger partial charge on any atom is 0.237 e. The molecule has 0 heterocycles. The zero-order valence-electron chi connectivity index (χ0n) is 14.8. The summed E-state index contributed by atoms with van der Waals surface area (Å²) in [4.78, 5) is 24.3. The molecule has 0 radical (unpaired) electrons. The van der Waals surface area contributed by atoms with E-state index in [4.69, 9.17) is 0 Å². The van der Waals surface area contributed by atoms with Crippen LogP contribution in [0.3, 0.4) is 0 Å². The fraction of sp³-hybridized carbons (Fsp3) is 0.300. The van der Waals surface area contributed by atoms with Gasteiger partial charge in [0.05, 0.1) is 11.0 Å². The molecular weight excluding hydrogens is 332 g/mol. The molecule has 2 amide bonds. The van der Waals surface area contributed by atoms with Gasteiger partial charge in [-0.05, 0) is 49.6 Å². The van der Waals surface area contributed by atoms with Gasteiger partial charge in [0.2, 0.25) is 11.8 Å². The minimum absolute atomic E-state index is 0.0978. The molecule has 5 heteroatoms. The summed E-state index contributed by atoms with van der Waals surface area (Å²) in [6.45, 7) is 5.85. The van der Waals surface area contributed by atoms with Crippen LogP contribution < -0.4 is 10.6 Å². The third-order valence-corrected chi connectivity index (χ3v) is 5.03. The van der Waals surface area contributed by atoms with Gasteiger partial charge < -0.3 is 10.6 Å². The van der Waals surface area contributed by atoms with E-state index in [0.717, 1.165) is 23.4 Å². The third-order valence-electron chi connectivity index (χ3n) is 3.88. The lowest BCUT2D eigenvalue weighted by molar-refractivity contribution is -0.115. The molecule has 0 saturated heterocycles. The summed E-state index contributed by atoms with van der Waals surface area (Å²) in [5, 5.41) is 5.45. The average molecular weight is 356 g/mol. The molecular formula is C20H24N2O2S. The van der Waals surface area contributed by atoms with Crippen LogP contribution in [0.25, 0.3) is 0 Å². The molecule has 0 aliphatic carbocycles. The maximum atomic E-state index is 12.2. The topological polar surface area (TPSA) is 58.2 Å². The lowest BCUT2D eigenvalue weighted by Gasteiger charge is -2.13. The summed E-state index contributed by atoms with van der Waals surface area (Å²) in [5.41, 5.74) is 3.83. The quantitative estimate of drug-likeness (QED) is 0.779. The van der Waals surface area contributed by atoms with Crippen LogP contribution in [0.15, 0.2) is 48.5 Å². The Hall–Kier alpha value is -2.27. The number of rotatable bonds is 7. The van der Waals surface area contributed by atoms with Crippen LogP contribution in [0.2, 0.25) is 0 Å². The van der Waals surface area contributed by atoms with Crippen LogP contribution in [0, 0.1) is 6.92 Å². The minimum Gasteiger partial charge on any atom is -0.325 e. The van der Waals surface area contributed by atoms with Gasteiger partial charge in [0, 0.05) is 11.4 Å². The fourth-order valence-electron chi connectivity index (χ4n) is 2.24. The molecule has 0 bridgehead atoms. The van der Waals surface area contributed by atoms with Crippen LogP contribution >= 0.6 is 11.8 Å². The van der Waals surface area contributed by atoms with Crippen molar-refractivity contribution < 1.29 is 9.59 Å². The Kier molecular flexibility index (Phi) is 7.07. The van der Waals surface area contributed by atoms with Gasteiger partial charge >= 0.3 is 0 Å². The molecule has 4 nitrogen and oxygen atoms in total.